The minimum Gasteiger partial charge on any atom is -0.468 e. The van der Waals surface area contributed by atoms with Crippen LogP contribution in [0.4, 0.5) is 0 Å². The molecule has 2 rings (SSSR count). The molecule has 0 radical (unpaired) electrons. The van der Waals surface area contributed by atoms with Crippen LogP contribution in [0.5, 0.6) is 0 Å². The van der Waals surface area contributed by atoms with Gasteiger partial charge in [-0.15, -0.1) is 0 Å². The summed E-state index contributed by atoms with van der Waals surface area (Å²) in [7, 11) is 0. The summed E-state index contributed by atoms with van der Waals surface area (Å²) in [6.07, 6.45) is 2.89. The van der Waals surface area contributed by atoms with E-state index in [9.17, 15) is 0 Å². The molecule has 0 atom stereocenters. The lowest BCUT2D eigenvalue weighted by Gasteiger charge is -2.10. The van der Waals surface area contributed by atoms with E-state index < -0.39 is 0 Å². The normalized spacial score (nSPS) is 10.9. The molecule has 1 aromatic heterocycles. The van der Waals surface area contributed by atoms with Crippen LogP contribution in [0.15, 0.2) is 49.2 Å². The third-order valence-corrected chi connectivity index (χ3v) is 4.55. The summed E-state index contributed by atoms with van der Waals surface area (Å²) in [6, 6.07) is 8.44. The maximum Gasteiger partial charge on any atom is 0.114 e. The maximum atomic E-state index is 5.35. The van der Waals surface area contributed by atoms with Gasteiger partial charge in [-0.1, -0.05) is 34.6 Å². The fraction of sp³-hybridized carbons (Fsp3) is 0.333. The van der Waals surface area contributed by atoms with Crippen LogP contribution in [0, 0.1) is 6.92 Å². The highest BCUT2D eigenvalue weighted by Crippen LogP contribution is 2.34. The molecule has 2 aromatic rings. The van der Waals surface area contributed by atoms with Crippen LogP contribution in [0.2, 0.25) is 0 Å². The van der Waals surface area contributed by atoms with Crippen LogP contribution in [0.1, 0.15) is 24.7 Å². The molecule has 19 heavy (non-hydrogen) atoms. The number of hydrogen-bond acceptors (Lipinski definition) is 3. The Bertz CT molecular complexity index is 539. The Labute approximate surface area is 127 Å². The highest BCUT2D eigenvalue weighted by atomic mass is 79.9. The van der Waals surface area contributed by atoms with E-state index in [0.717, 1.165) is 29.7 Å². The van der Waals surface area contributed by atoms with Crippen molar-refractivity contribution in [3.8, 4) is 0 Å². The minimum atomic E-state index is 0.895. The fourth-order valence-corrected chi connectivity index (χ4v) is 3.14. The number of nitrogens with one attached hydrogen (secondary N) is 1. The number of rotatable bonds is 6. The van der Waals surface area contributed by atoms with Gasteiger partial charge in [0.05, 0.1) is 11.2 Å². The molecule has 0 bridgehead atoms. The second-order valence-electron chi connectivity index (χ2n) is 4.37. The molecule has 0 aliphatic carbocycles. The second-order valence-corrected chi connectivity index (χ2v) is 6.37. The standard InChI is InChI=1S/C15H18BrNOS/c1-3-7-17-10-12-9-13(16)4-5-15(12)19-14-6-8-18-11(14)2/h4-6,8-9,17H,3,7,10H2,1-2H3. The van der Waals surface area contributed by atoms with Crippen LogP contribution >= 0.6 is 27.7 Å². The highest BCUT2D eigenvalue weighted by molar-refractivity contribution is 9.10. The van der Waals surface area contributed by atoms with Gasteiger partial charge in [0.15, 0.2) is 0 Å². The van der Waals surface area contributed by atoms with Gasteiger partial charge in [0.25, 0.3) is 0 Å². The molecule has 0 unspecified atom stereocenters. The molecular formula is C15H18BrNOS. The molecule has 2 nitrogen and oxygen atoms in total. The zero-order valence-corrected chi connectivity index (χ0v) is 13.6. The molecule has 0 amide bonds. The molecule has 0 saturated carbocycles. The molecule has 0 fully saturated rings. The quantitative estimate of drug-likeness (QED) is 0.749. The van der Waals surface area contributed by atoms with Gasteiger partial charge in [-0.2, -0.15) is 0 Å². The number of halogens is 1. The Morgan fingerprint density at radius 1 is 1.26 bits per heavy atom. The van der Waals surface area contributed by atoms with Gasteiger partial charge in [-0.3, -0.25) is 0 Å². The van der Waals surface area contributed by atoms with E-state index in [0.29, 0.717) is 0 Å². The number of hydrogen-bond donors (Lipinski definition) is 1. The van der Waals surface area contributed by atoms with Gasteiger partial charge in [-0.25, -0.2) is 0 Å². The molecule has 1 heterocycles. The van der Waals surface area contributed by atoms with Crippen molar-refractivity contribution < 1.29 is 4.42 Å². The van der Waals surface area contributed by atoms with Crippen LogP contribution in [-0.2, 0) is 6.54 Å². The first-order valence-electron chi connectivity index (χ1n) is 6.41. The molecule has 0 spiro atoms. The average molecular weight is 340 g/mol. The Hall–Kier alpha value is -0.710. The summed E-state index contributed by atoms with van der Waals surface area (Å²) < 4.78 is 6.47. The number of aryl methyl sites for hydroxylation is 1. The molecule has 4 heteroatoms. The molecular weight excluding hydrogens is 322 g/mol. The van der Waals surface area contributed by atoms with Crippen molar-refractivity contribution in [2.45, 2.75) is 36.6 Å². The molecule has 1 aromatic carbocycles. The van der Waals surface area contributed by atoms with Crippen LogP contribution < -0.4 is 5.32 Å². The van der Waals surface area contributed by atoms with Crippen molar-refractivity contribution in [2.75, 3.05) is 6.54 Å². The van der Waals surface area contributed by atoms with Crippen molar-refractivity contribution in [1.29, 1.82) is 0 Å². The largest absolute Gasteiger partial charge is 0.468 e. The van der Waals surface area contributed by atoms with Crippen molar-refractivity contribution >= 4 is 27.7 Å². The van der Waals surface area contributed by atoms with E-state index in [1.807, 2.05) is 13.0 Å². The monoisotopic (exact) mass is 339 g/mol. The second kappa shape index (κ2) is 7.17. The molecule has 1 N–H and O–H groups in total. The van der Waals surface area contributed by atoms with Crippen LogP contribution in [0.3, 0.4) is 0 Å². The van der Waals surface area contributed by atoms with Crippen molar-refractivity contribution in [1.82, 2.24) is 5.32 Å². The first kappa shape index (κ1) is 14.7. The van der Waals surface area contributed by atoms with E-state index in [1.54, 1.807) is 18.0 Å². The third kappa shape index (κ3) is 4.13. The molecule has 0 aliphatic rings. The predicted molar refractivity (Wildman–Crippen MR) is 83.7 cm³/mol. The summed E-state index contributed by atoms with van der Waals surface area (Å²) >= 11 is 5.30. The summed E-state index contributed by atoms with van der Waals surface area (Å²) in [5.74, 6) is 0.973. The van der Waals surface area contributed by atoms with E-state index in [2.05, 4.69) is 46.4 Å². The van der Waals surface area contributed by atoms with Crippen LogP contribution in [0.25, 0.3) is 0 Å². The summed E-state index contributed by atoms with van der Waals surface area (Å²) in [5.41, 5.74) is 1.31. The van der Waals surface area contributed by atoms with Gasteiger partial charge in [0.1, 0.15) is 5.76 Å². The molecule has 0 aliphatic heterocycles. The average Bonchev–Trinajstić information content (AvgIpc) is 2.78. The van der Waals surface area contributed by atoms with Gasteiger partial charge < -0.3 is 9.73 Å². The summed E-state index contributed by atoms with van der Waals surface area (Å²) in [4.78, 5) is 2.45. The first-order valence-corrected chi connectivity index (χ1v) is 8.02. The van der Waals surface area contributed by atoms with E-state index >= 15 is 0 Å². The third-order valence-electron chi connectivity index (χ3n) is 2.80. The summed E-state index contributed by atoms with van der Waals surface area (Å²) in [6.45, 7) is 6.11. The topological polar surface area (TPSA) is 25.2 Å². The van der Waals surface area contributed by atoms with Crippen LogP contribution in [-0.4, -0.2) is 6.54 Å². The predicted octanol–water partition coefficient (Wildman–Crippen LogP) is 5.00. The maximum absolute atomic E-state index is 5.35. The number of benzene rings is 1. The van der Waals surface area contributed by atoms with E-state index in [4.69, 9.17) is 4.42 Å². The van der Waals surface area contributed by atoms with Crippen molar-refractivity contribution in [2.24, 2.45) is 0 Å². The minimum absolute atomic E-state index is 0.895. The van der Waals surface area contributed by atoms with Gasteiger partial charge in [0, 0.05) is 15.9 Å². The lowest BCUT2D eigenvalue weighted by atomic mass is 10.2. The molecule has 0 saturated heterocycles. The lowest BCUT2D eigenvalue weighted by Crippen LogP contribution is -2.14. The Balaban J connectivity index is 2.16. The van der Waals surface area contributed by atoms with Crippen molar-refractivity contribution in [3.05, 3.63) is 46.3 Å². The van der Waals surface area contributed by atoms with Gasteiger partial charge >= 0.3 is 0 Å². The smallest absolute Gasteiger partial charge is 0.114 e. The number of furan rings is 1. The molecule has 102 valence electrons. The Morgan fingerprint density at radius 3 is 2.79 bits per heavy atom. The Kier molecular flexibility index (Phi) is 5.55. The zero-order valence-electron chi connectivity index (χ0n) is 11.2. The first-order chi connectivity index (χ1) is 9.20. The highest BCUT2D eigenvalue weighted by Gasteiger charge is 2.08. The zero-order chi connectivity index (χ0) is 13.7. The van der Waals surface area contributed by atoms with Gasteiger partial charge in [-0.05, 0) is 49.7 Å². The van der Waals surface area contributed by atoms with Crippen molar-refractivity contribution in [3.63, 3.8) is 0 Å². The Morgan fingerprint density at radius 2 is 2.11 bits per heavy atom. The SMILES string of the molecule is CCCNCc1cc(Br)ccc1Sc1ccoc1C. The fourth-order valence-electron chi connectivity index (χ4n) is 1.78. The lowest BCUT2D eigenvalue weighted by molar-refractivity contribution is 0.527. The van der Waals surface area contributed by atoms with Gasteiger partial charge in [0.2, 0.25) is 0 Å². The summed E-state index contributed by atoms with van der Waals surface area (Å²) in [5, 5.41) is 3.46. The van der Waals surface area contributed by atoms with E-state index in [1.165, 1.54) is 15.4 Å². The van der Waals surface area contributed by atoms with E-state index in [-0.39, 0.29) is 0 Å².